The first kappa shape index (κ1) is 8.71. The van der Waals surface area contributed by atoms with Gasteiger partial charge in [0.2, 0.25) is 0 Å². The van der Waals surface area contributed by atoms with Gasteiger partial charge in [0.25, 0.3) is 0 Å². The molecule has 1 heterocycles. The van der Waals surface area contributed by atoms with Crippen LogP contribution in [-0.2, 0) is 0 Å². The predicted molar refractivity (Wildman–Crippen MR) is 49.8 cm³/mol. The number of rotatable bonds is 2. The molecule has 1 unspecified atom stereocenters. The minimum atomic E-state index is 0.0138. The minimum Gasteiger partial charge on any atom is -0.329 e. The predicted octanol–water partition coefficient (Wildman–Crippen LogP) is 1.32. The molecule has 0 aliphatic heterocycles. The Morgan fingerprint density at radius 3 is 2.55 bits per heavy atom. The van der Waals surface area contributed by atoms with Crippen molar-refractivity contribution >= 4 is 11.3 Å². The summed E-state index contributed by atoms with van der Waals surface area (Å²) in [6.07, 6.45) is 0. The lowest BCUT2D eigenvalue weighted by atomic mass is 10.1. The molecule has 0 aliphatic carbocycles. The van der Waals surface area contributed by atoms with E-state index in [4.69, 9.17) is 11.5 Å². The molecule has 62 valence electrons. The molecule has 1 rings (SSSR count). The summed E-state index contributed by atoms with van der Waals surface area (Å²) < 4.78 is 0. The Bertz CT molecular complexity index is 242. The van der Waals surface area contributed by atoms with Crippen LogP contribution in [0.25, 0.3) is 0 Å². The molecule has 0 bridgehead atoms. The zero-order chi connectivity index (χ0) is 8.43. The minimum absolute atomic E-state index is 0.0138. The van der Waals surface area contributed by atoms with Crippen molar-refractivity contribution in [2.24, 2.45) is 11.5 Å². The summed E-state index contributed by atoms with van der Waals surface area (Å²) in [5.74, 6) is 0. The molecule has 0 saturated heterocycles. The van der Waals surface area contributed by atoms with Gasteiger partial charge in [-0.1, -0.05) is 0 Å². The average Bonchev–Trinajstić information content (AvgIpc) is 2.28. The maximum atomic E-state index is 5.79. The molecule has 0 fully saturated rings. The van der Waals surface area contributed by atoms with Crippen LogP contribution in [0.1, 0.15) is 21.4 Å². The van der Waals surface area contributed by atoms with Crippen LogP contribution in [0.2, 0.25) is 0 Å². The third-order valence-corrected chi connectivity index (χ3v) is 2.71. The van der Waals surface area contributed by atoms with Crippen molar-refractivity contribution in [1.29, 1.82) is 0 Å². The maximum Gasteiger partial charge on any atom is 0.0430 e. The molecular formula is C8H14N2S. The monoisotopic (exact) mass is 170 g/mol. The van der Waals surface area contributed by atoms with Gasteiger partial charge < -0.3 is 11.5 Å². The highest BCUT2D eigenvalue weighted by atomic mass is 32.1. The van der Waals surface area contributed by atoms with E-state index in [0.717, 1.165) is 0 Å². The highest BCUT2D eigenvalue weighted by Crippen LogP contribution is 2.24. The topological polar surface area (TPSA) is 52.0 Å². The summed E-state index contributed by atoms with van der Waals surface area (Å²) in [6, 6.07) is 2.14. The largest absolute Gasteiger partial charge is 0.329 e. The fourth-order valence-electron chi connectivity index (χ4n) is 1.15. The zero-order valence-electron chi connectivity index (χ0n) is 6.92. The van der Waals surface area contributed by atoms with Gasteiger partial charge in [-0.05, 0) is 25.5 Å². The molecule has 0 aliphatic rings. The van der Waals surface area contributed by atoms with E-state index < -0.39 is 0 Å². The lowest BCUT2D eigenvalue weighted by Gasteiger charge is -2.06. The van der Waals surface area contributed by atoms with Gasteiger partial charge in [0.05, 0.1) is 0 Å². The molecule has 2 nitrogen and oxygen atoms in total. The summed E-state index contributed by atoms with van der Waals surface area (Å²) >= 11 is 1.78. The summed E-state index contributed by atoms with van der Waals surface area (Å²) in [7, 11) is 0. The molecule has 3 heteroatoms. The highest BCUT2D eigenvalue weighted by molar-refractivity contribution is 7.12. The van der Waals surface area contributed by atoms with Crippen molar-refractivity contribution in [3.05, 3.63) is 21.4 Å². The van der Waals surface area contributed by atoms with E-state index in [2.05, 4.69) is 19.9 Å². The first-order valence-electron chi connectivity index (χ1n) is 3.67. The Kier molecular flexibility index (Phi) is 2.65. The summed E-state index contributed by atoms with van der Waals surface area (Å²) in [5, 5.41) is 0. The number of nitrogens with two attached hydrogens (primary N) is 2. The van der Waals surface area contributed by atoms with Gasteiger partial charge in [-0.3, -0.25) is 0 Å². The average molecular weight is 170 g/mol. The van der Waals surface area contributed by atoms with Gasteiger partial charge in [0, 0.05) is 22.3 Å². The van der Waals surface area contributed by atoms with E-state index in [-0.39, 0.29) is 6.04 Å². The second-order valence-electron chi connectivity index (χ2n) is 2.71. The Morgan fingerprint density at radius 2 is 2.18 bits per heavy atom. The van der Waals surface area contributed by atoms with Crippen LogP contribution < -0.4 is 11.5 Å². The van der Waals surface area contributed by atoms with Gasteiger partial charge in [-0.2, -0.15) is 0 Å². The third kappa shape index (κ3) is 1.80. The fourth-order valence-corrected chi connectivity index (χ4v) is 2.14. The first-order valence-corrected chi connectivity index (χ1v) is 4.49. The molecule has 4 N–H and O–H groups in total. The Balaban J connectivity index is 2.93. The second-order valence-corrected chi connectivity index (χ2v) is 4.17. The number of hydrogen-bond donors (Lipinski definition) is 2. The Morgan fingerprint density at radius 1 is 1.55 bits per heavy atom. The van der Waals surface area contributed by atoms with Crippen LogP contribution in [0.3, 0.4) is 0 Å². The van der Waals surface area contributed by atoms with E-state index in [9.17, 15) is 0 Å². The molecule has 0 saturated carbocycles. The van der Waals surface area contributed by atoms with Gasteiger partial charge in [0.15, 0.2) is 0 Å². The van der Waals surface area contributed by atoms with Crippen LogP contribution in [0.5, 0.6) is 0 Å². The van der Waals surface area contributed by atoms with Crippen LogP contribution in [-0.4, -0.2) is 6.54 Å². The molecule has 11 heavy (non-hydrogen) atoms. The Labute approximate surface area is 71.2 Å². The van der Waals surface area contributed by atoms with E-state index in [0.29, 0.717) is 6.54 Å². The van der Waals surface area contributed by atoms with E-state index in [1.54, 1.807) is 11.3 Å². The van der Waals surface area contributed by atoms with Crippen molar-refractivity contribution < 1.29 is 0 Å². The van der Waals surface area contributed by atoms with Crippen molar-refractivity contribution in [1.82, 2.24) is 0 Å². The van der Waals surface area contributed by atoms with Gasteiger partial charge in [-0.15, -0.1) is 11.3 Å². The van der Waals surface area contributed by atoms with Crippen molar-refractivity contribution in [3.63, 3.8) is 0 Å². The van der Waals surface area contributed by atoms with Crippen LogP contribution in [0.4, 0.5) is 0 Å². The molecule has 1 atom stereocenters. The lowest BCUT2D eigenvalue weighted by Crippen LogP contribution is -2.20. The number of hydrogen-bond acceptors (Lipinski definition) is 3. The molecular weight excluding hydrogens is 156 g/mol. The molecule has 0 aromatic carbocycles. The number of aryl methyl sites for hydroxylation is 2. The normalized spacial score (nSPS) is 13.5. The lowest BCUT2D eigenvalue weighted by molar-refractivity contribution is 0.735. The highest BCUT2D eigenvalue weighted by Gasteiger charge is 2.08. The summed E-state index contributed by atoms with van der Waals surface area (Å²) in [6.45, 7) is 4.70. The van der Waals surface area contributed by atoms with Crippen LogP contribution in [0, 0.1) is 13.8 Å². The second kappa shape index (κ2) is 3.34. The van der Waals surface area contributed by atoms with Gasteiger partial charge in [0.1, 0.15) is 0 Å². The molecule has 1 aromatic rings. The standard InChI is InChI=1S/C8H14N2S/c1-5-3-7(6(2)11-5)8(10)4-9/h3,8H,4,9-10H2,1-2H3. The van der Waals surface area contributed by atoms with Crippen molar-refractivity contribution in [2.45, 2.75) is 19.9 Å². The zero-order valence-corrected chi connectivity index (χ0v) is 7.74. The molecule has 1 aromatic heterocycles. The Hall–Kier alpha value is -0.380. The number of thiophene rings is 1. The maximum absolute atomic E-state index is 5.79. The molecule has 0 spiro atoms. The van der Waals surface area contributed by atoms with Gasteiger partial charge in [-0.25, -0.2) is 0 Å². The van der Waals surface area contributed by atoms with E-state index >= 15 is 0 Å². The quantitative estimate of drug-likeness (QED) is 0.703. The van der Waals surface area contributed by atoms with E-state index in [1.807, 2.05) is 0 Å². The van der Waals surface area contributed by atoms with Crippen LogP contribution >= 0.6 is 11.3 Å². The van der Waals surface area contributed by atoms with E-state index in [1.165, 1.54) is 15.3 Å². The summed E-state index contributed by atoms with van der Waals surface area (Å²) in [4.78, 5) is 2.60. The van der Waals surface area contributed by atoms with Crippen molar-refractivity contribution in [3.8, 4) is 0 Å². The van der Waals surface area contributed by atoms with Crippen molar-refractivity contribution in [2.75, 3.05) is 6.54 Å². The molecule has 0 amide bonds. The third-order valence-electron chi connectivity index (χ3n) is 1.73. The first-order chi connectivity index (χ1) is 5.15. The summed E-state index contributed by atoms with van der Waals surface area (Å²) in [5.41, 5.74) is 12.5. The SMILES string of the molecule is Cc1cc(C(N)CN)c(C)s1. The van der Waals surface area contributed by atoms with Gasteiger partial charge >= 0.3 is 0 Å². The smallest absolute Gasteiger partial charge is 0.0430 e. The fraction of sp³-hybridized carbons (Fsp3) is 0.500. The molecule has 0 radical (unpaired) electrons. The van der Waals surface area contributed by atoms with Crippen LogP contribution in [0.15, 0.2) is 6.07 Å².